The summed E-state index contributed by atoms with van der Waals surface area (Å²) in [6, 6.07) is 13.3. The normalized spacial score (nSPS) is 26.5. The van der Waals surface area contributed by atoms with Gasteiger partial charge in [0.2, 0.25) is 6.79 Å². The summed E-state index contributed by atoms with van der Waals surface area (Å²) in [7, 11) is 0. The summed E-state index contributed by atoms with van der Waals surface area (Å²) in [5.41, 5.74) is 5.77. The third-order valence-corrected chi connectivity index (χ3v) is 6.75. The summed E-state index contributed by atoms with van der Waals surface area (Å²) in [4.78, 5) is 2.71. The first kappa shape index (κ1) is 18.6. The zero-order chi connectivity index (χ0) is 17.7. The second kappa shape index (κ2) is 7.03. The Hall–Kier alpha value is -1.71. The van der Waals surface area contributed by atoms with Crippen LogP contribution in [0.3, 0.4) is 0 Å². The van der Waals surface area contributed by atoms with Gasteiger partial charge in [0.25, 0.3) is 0 Å². The minimum absolute atomic E-state index is 0. The van der Waals surface area contributed by atoms with E-state index < -0.39 is 0 Å². The van der Waals surface area contributed by atoms with E-state index in [-0.39, 0.29) is 17.9 Å². The standard InChI is InChI=1S/C23H27NO2.ClH/c1-16-7-3-4-8-18(16)17-13-19-20(9-10-21-22(19)26-15-25-21)23(2,14-17)24-11-5-6-12-24;/h3-4,7-10,17H,5-6,11-15H2,1-2H3;1H. The molecule has 2 heterocycles. The first-order valence-corrected chi connectivity index (χ1v) is 9.89. The van der Waals surface area contributed by atoms with Gasteiger partial charge in [0.1, 0.15) is 0 Å². The summed E-state index contributed by atoms with van der Waals surface area (Å²) < 4.78 is 11.6. The Labute approximate surface area is 168 Å². The molecule has 0 saturated carbocycles. The average molecular weight is 386 g/mol. The van der Waals surface area contributed by atoms with Gasteiger partial charge in [-0.25, -0.2) is 0 Å². The van der Waals surface area contributed by atoms with Crippen LogP contribution < -0.4 is 9.47 Å². The van der Waals surface area contributed by atoms with Crippen LogP contribution in [0.2, 0.25) is 0 Å². The Morgan fingerprint density at radius 2 is 1.81 bits per heavy atom. The number of aryl methyl sites for hydroxylation is 1. The number of hydrogen-bond donors (Lipinski definition) is 0. The number of hydrogen-bond acceptors (Lipinski definition) is 3. The number of halogens is 1. The van der Waals surface area contributed by atoms with E-state index in [1.165, 1.54) is 54.6 Å². The largest absolute Gasteiger partial charge is 0.454 e. The molecule has 0 bridgehead atoms. The molecule has 1 fully saturated rings. The Balaban J connectivity index is 0.00000180. The highest BCUT2D eigenvalue weighted by Crippen LogP contribution is 2.52. The third-order valence-electron chi connectivity index (χ3n) is 6.75. The van der Waals surface area contributed by atoms with Crippen LogP contribution in [0.4, 0.5) is 0 Å². The highest BCUT2D eigenvalue weighted by molar-refractivity contribution is 5.85. The molecular formula is C23H28ClNO2. The van der Waals surface area contributed by atoms with Crippen LogP contribution >= 0.6 is 12.4 Å². The number of nitrogens with zero attached hydrogens (tertiary/aromatic N) is 1. The van der Waals surface area contributed by atoms with Crippen molar-refractivity contribution in [3.05, 3.63) is 58.7 Å². The molecular weight excluding hydrogens is 358 g/mol. The zero-order valence-electron chi connectivity index (χ0n) is 16.2. The predicted molar refractivity (Wildman–Crippen MR) is 110 cm³/mol. The first-order chi connectivity index (χ1) is 12.7. The van der Waals surface area contributed by atoms with Crippen LogP contribution in [-0.2, 0) is 12.0 Å². The maximum atomic E-state index is 5.93. The maximum absolute atomic E-state index is 5.93. The number of likely N-dealkylation sites (tertiary alicyclic amines) is 1. The third kappa shape index (κ3) is 2.92. The van der Waals surface area contributed by atoms with E-state index in [0.717, 1.165) is 17.9 Å². The molecule has 2 unspecified atom stereocenters. The fourth-order valence-electron chi connectivity index (χ4n) is 5.42. The molecule has 0 amide bonds. The smallest absolute Gasteiger partial charge is 0.231 e. The van der Waals surface area contributed by atoms with Gasteiger partial charge in [-0.2, -0.15) is 0 Å². The molecule has 2 aromatic carbocycles. The second-order valence-electron chi connectivity index (χ2n) is 8.26. The van der Waals surface area contributed by atoms with E-state index in [4.69, 9.17) is 9.47 Å². The van der Waals surface area contributed by atoms with Crippen molar-refractivity contribution in [3.8, 4) is 11.5 Å². The van der Waals surface area contributed by atoms with E-state index in [9.17, 15) is 0 Å². The monoisotopic (exact) mass is 385 g/mol. The quantitative estimate of drug-likeness (QED) is 0.710. The van der Waals surface area contributed by atoms with Gasteiger partial charge in [0.15, 0.2) is 11.5 Å². The van der Waals surface area contributed by atoms with Gasteiger partial charge in [-0.1, -0.05) is 30.3 Å². The van der Waals surface area contributed by atoms with E-state index in [0.29, 0.717) is 12.7 Å². The molecule has 3 nitrogen and oxygen atoms in total. The van der Waals surface area contributed by atoms with Crippen molar-refractivity contribution in [3.63, 3.8) is 0 Å². The van der Waals surface area contributed by atoms with Crippen LogP contribution in [0.1, 0.15) is 54.4 Å². The van der Waals surface area contributed by atoms with Crippen molar-refractivity contribution in [1.29, 1.82) is 0 Å². The molecule has 27 heavy (non-hydrogen) atoms. The van der Waals surface area contributed by atoms with Crippen molar-refractivity contribution in [2.75, 3.05) is 19.9 Å². The number of rotatable bonds is 2. The van der Waals surface area contributed by atoms with Gasteiger partial charge >= 0.3 is 0 Å². The van der Waals surface area contributed by atoms with Gasteiger partial charge < -0.3 is 9.47 Å². The Morgan fingerprint density at radius 1 is 1.04 bits per heavy atom. The fourth-order valence-corrected chi connectivity index (χ4v) is 5.42. The minimum atomic E-state index is 0. The lowest BCUT2D eigenvalue weighted by Gasteiger charge is -2.46. The van der Waals surface area contributed by atoms with Crippen LogP contribution in [0, 0.1) is 6.92 Å². The Morgan fingerprint density at radius 3 is 2.59 bits per heavy atom. The zero-order valence-corrected chi connectivity index (χ0v) is 17.0. The van der Waals surface area contributed by atoms with Crippen molar-refractivity contribution in [2.24, 2.45) is 0 Å². The molecule has 0 aromatic heterocycles. The molecule has 3 aliphatic rings. The molecule has 4 heteroatoms. The molecule has 0 spiro atoms. The average Bonchev–Trinajstić information content (AvgIpc) is 3.34. The van der Waals surface area contributed by atoms with Gasteiger partial charge in [-0.05, 0) is 81.3 Å². The van der Waals surface area contributed by atoms with Gasteiger partial charge in [0.05, 0.1) is 0 Å². The van der Waals surface area contributed by atoms with Gasteiger partial charge in [-0.15, -0.1) is 12.4 Å². The van der Waals surface area contributed by atoms with Crippen molar-refractivity contribution < 1.29 is 9.47 Å². The van der Waals surface area contributed by atoms with Crippen molar-refractivity contribution in [2.45, 2.75) is 51.0 Å². The lowest BCUT2D eigenvalue weighted by molar-refractivity contribution is 0.104. The SMILES string of the molecule is Cc1ccccc1C1Cc2c(ccc3c2OCO3)C(C)(N2CCCC2)C1.Cl. The van der Waals surface area contributed by atoms with Crippen molar-refractivity contribution in [1.82, 2.24) is 4.90 Å². The summed E-state index contributed by atoms with van der Waals surface area (Å²) in [5.74, 6) is 2.43. The van der Waals surface area contributed by atoms with E-state index >= 15 is 0 Å². The second-order valence-corrected chi connectivity index (χ2v) is 8.26. The molecule has 5 rings (SSSR count). The Kier molecular flexibility index (Phi) is 4.85. The summed E-state index contributed by atoms with van der Waals surface area (Å²) in [5, 5.41) is 0. The predicted octanol–water partition coefficient (Wildman–Crippen LogP) is 5.19. The van der Waals surface area contributed by atoms with E-state index in [1.807, 2.05) is 0 Å². The summed E-state index contributed by atoms with van der Waals surface area (Å²) in [6.45, 7) is 7.44. The number of ether oxygens (including phenoxy) is 2. The Bertz CT molecular complexity index is 846. The molecule has 1 saturated heterocycles. The van der Waals surface area contributed by atoms with E-state index in [1.54, 1.807) is 0 Å². The molecule has 144 valence electrons. The van der Waals surface area contributed by atoms with Crippen LogP contribution in [-0.4, -0.2) is 24.8 Å². The van der Waals surface area contributed by atoms with Crippen LogP contribution in [0.15, 0.2) is 36.4 Å². The lowest BCUT2D eigenvalue weighted by Crippen LogP contribution is -2.46. The maximum Gasteiger partial charge on any atom is 0.231 e. The molecule has 0 N–H and O–H groups in total. The van der Waals surface area contributed by atoms with Crippen molar-refractivity contribution >= 4 is 12.4 Å². The molecule has 2 aliphatic heterocycles. The topological polar surface area (TPSA) is 21.7 Å². The number of fused-ring (bicyclic) bond motifs is 3. The van der Waals surface area contributed by atoms with E-state index in [2.05, 4.69) is 55.1 Å². The number of benzene rings is 2. The summed E-state index contributed by atoms with van der Waals surface area (Å²) in [6.07, 6.45) is 4.83. The van der Waals surface area contributed by atoms with Gasteiger partial charge in [-0.3, -0.25) is 4.90 Å². The fraction of sp³-hybridized carbons (Fsp3) is 0.478. The molecule has 2 aromatic rings. The highest BCUT2D eigenvalue weighted by atomic mass is 35.5. The summed E-state index contributed by atoms with van der Waals surface area (Å²) >= 11 is 0. The molecule has 1 aliphatic carbocycles. The van der Waals surface area contributed by atoms with Crippen LogP contribution in [0.5, 0.6) is 11.5 Å². The lowest BCUT2D eigenvalue weighted by atomic mass is 9.69. The van der Waals surface area contributed by atoms with Crippen LogP contribution in [0.25, 0.3) is 0 Å². The highest BCUT2D eigenvalue weighted by Gasteiger charge is 2.44. The molecule has 0 radical (unpaired) electrons. The molecule has 2 atom stereocenters. The van der Waals surface area contributed by atoms with Gasteiger partial charge in [0, 0.05) is 11.1 Å². The minimum Gasteiger partial charge on any atom is -0.454 e. The first-order valence-electron chi connectivity index (χ1n) is 9.89.